The fraction of sp³-hybridized carbons (Fsp3) is 0.105. The molecule has 0 spiro atoms. The van der Waals surface area contributed by atoms with Gasteiger partial charge in [-0.3, -0.25) is 9.48 Å². The summed E-state index contributed by atoms with van der Waals surface area (Å²) in [4.78, 5) is 18.4. The first-order chi connectivity index (χ1) is 13.1. The number of H-pyrrole nitrogens is 2. The third-order valence-corrected chi connectivity index (χ3v) is 4.49. The van der Waals surface area contributed by atoms with Gasteiger partial charge in [-0.25, -0.2) is 4.39 Å². The van der Waals surface area contributed by atoms with Crippen LogP contribution in [0.3, 0.4) is 0 Å². The molecule has 1 amide bonds. The van der Waals surface area contributed by atoms with Crippen molar-refractivity contribution in [3.8, 4) is 0 Å². The van der Waals surface area contributed by atoms with Gasteiger partial charge in [0.1, 0.15) is 5.82 Å². The van der Waals surface area contributed by atoms with Gasteiger partial charge in [-0.15, -0.1) is 0 Å². The summed E-state index contributed by atoms with van der Waals surface area (Å²) >= 11 is 5.04. The molecular formula is C19H16FN5OS. The van der Waals surface area contributed by atoms with Crippen LogP contribution in [0.2, 0.25) is 0 Å². The average Bonchev–Trinajstić information content (AvgIpc) is 3.28. The number of nitrogens with zero attached hydrogens (tertiary/aromatic N) is 2. The lowest BCUT2D eigenvalue weighted by Gasteiger charge is -2.11. The molecule has 136 valence electrons. The number of hydrogen-bond donors (Lipinski definition) is 3. The zero-order valence-corrected chi connectivity index (χ0v) is 15.0. The first-order valence-corrected chi connectivity index (χ1v) is 8.75. The molecule has 0 aliphatic rings. The Hall–Kier alpha value is -3.26. The molecule has 3 N–H and O–H groups in total. The Labute approximate surface area is 159 Å². The molecule has 27 heavy (non-hydrogen) atoms. The van der Waals surface area contributed by atoms with Crippen LogP contribution in [0.5, 0.6) is 0 Å². The SMILES string of the molecule is O=C(NCc1ccccc1Cn1cccn1)c1cc(F)cc2[nH]c(=S)[nH]c12. The summed E-state index contributed by atoms with van der Waals surface area (Å²) in [6.07, 6.45) is 3.60. The molecule has 4 aromatic rings. The van der Waals surface area contributed by atoms with Crippen molar-refractivity contribution < 1.29 is 9.18 Å². The van der Waals surface area contributed by atoms with Crippen LogP contribution >= 0.6 is 12.2 Å². The number of carbonyl (C=O) groups excluding carboxylic acids is 1. The Kier molecular flexibility index (Phi) is 4.55. The van der Waals surface area contributed by atoms with E-state index in [1.54, 1.807) is 6.20 Å². The lowest BCUT2D eigenvalue weighted by molar-refractivity contribution is 0.0952. The molecular weight excluding hydrogens is 365 g/mol. The second-order valence-corrected chi connectivity index (χ2v) is 6.52. The Morgan fingerprint density at radius 3 is 2.78 bits per heavy atom. The number of aromatic amines is 2. The van der Waals surface area contributed by atoms with Crippen molar-refractivity contribution in [2.45, 2.75) is 13.1 Å². The first-order valence-electron chi connectivity index (χ1n) is 8.34. The first kappa shape index (κ1) is 17.2. The van der Waals surface area contributed by atoms with E-state index in [9.17, 15) is 9.18 Å². The number of imidazole rings is 1. The van der Waals surface area contributed by atoms with Crippen LogP contribution in [0.4, 0.5) is 4.39 Å². The van der Waals surface area contributed by atoms with E-state index in [2.05, 4.69) is 20.4 Å². The van der Waals surface area contributed by atoms with E-state index in [-0.39, 0.29) is 11.5 Å². The summed E-state index contributed by atoms with van der Waals surface area (Å²) in [7, 11) is 0. The fourth-order valence-corrected chi connectivity index (χ4v) is 3.22. The maximum Gasteiger partial charge on any atom is 0.253 e. The number of carbonyl (C=O) groups is 1. The average molecular weight is 381 g/mol. The highest BCUT2D eigenvalue weighted by Gasteiger charge is 2.14. The quantitative estimate of drug-likeness (QED) is 0.463. The molecule has 8 heteroatoms. The molecule has 0 aliphatic heterocycles. The highest BCUT2D eigenvalue weighted by molar-refractivity contribution is 7.71. The minimum absolute atomic E-state index is 0.210. The normalized spacial score (nSPS) is 11.0. The summed E-state index contributed by atoms with van der Waals surface area (Å²) < 4.78 is 16.0. The van der Waals surface area contributed by atoms with Crippen LogP contribution in [0, 0.1) is 10.6 Å². The number of amides is 1. The Morgan fingerprint density at radius 1 is 1.19 bits per heavy atom. The largest absolute Gasteiger partial charge is 0.348 e. The molecule has 4 rings (SSSR count). The van der Waals surface area contributed by atoms with Crippen LogP contribution in [0.15, 0.2) is 54.9 Å². The van der Waals surface area contributed by atoms with E-state index in [0.717, 1.165) is 11.1 Å². The van der Waals surface area contributed by atoms with Gasteiger partial charge in [0.05, 0.1) is 23.1 Å². The van der Waals surface area contributed by atoms with Gasteiger partial charge in [0, 0.05) is 18.9 Å². The van der Waals surface area contributed by atoms with Crippen molar-refractivity contribution in [3.05, 3.63) is 82.1 Å². The fourth-order valence-electron chi connectivity index (χ4n) is 3.01. The number of aromatic nitrogens is 4. The molecule has 0 bridgehead atoms. The van der Waals surface area contributed by atoms with Gasteiger partial charge in [-0.2, -0.15) is 5.10 Å². The summed E-state index contributed by atoms with van der Waals surface area (Å²) in [5.74, 6) is -0.879. The lowest BCUT2D eigenvalue weighted by Crippen LogP contribution is -2.24. The number of halogens is 1. The molecule has 0 fully saturated rings. The van der Waals surface area contributed by atoms with E-state index in [4.69, 9.17) is 12.2 Å². The second kappa shape index (κ2) is 7.16. The molecule has 0 aliphatic carbocycles. The molecule has 6 nitrogen and oxygen atoms in total. The molecule has 0 unspecified atom stereocenters. The van der Waals surface area contributed by atoms with Gasteiger partial charge in [0.2, 0.25) is 0 Å². The Bertz CT molecular complexity index is 1160. The van der Waals surface area contributed by atoms with Crippen LogP contribution in [-0.2, 0) is 13.1 Å². The minimum atomic E-state index is -0.503. The lowest BCUT2D eigenvalue weighted by atomic mass is 10.1. The third kappa shape index (κ3) is 3.65. The number of rotatable bonds is 5. The zero-order valence-electron chi connectivity index (χ0n) is 14.2. The topological polar surface area (TPSA) is 78.5 Å². The molecule has 2 heterocycles. The van der Waals surface area contributed by atoms with E-state index < -0.39 is 5.82 Å². The highest BCUT2D eigenvalue weighted by atomic mass is 32.1. The summed E-state index contributed by atoms with van der Waals surface area (Å²) in [5, 5.41) is 7.07. The van der Waals surface area contributed by atoms with Crippen LogP contribution in [0.25, 0.3) is 11.0 Å². The molecule has 2 aromatic heterocycles. The van der Waals surface area contributed by atoms with Crippen molar-refractivity contribution in [2.75, 3.05) is 0 Å². The monoisotopic (exact) mass is 381 g/mol. The van der Waals surface area contributed by atoms with Crippen LogP contribution in [-0.4, -0.2) is 25.7 Å². The summed E-state index contributed by atoms with van der Waals surface area (Å²) in [6, 6.07) is 12.2. The standard InChI is InChI=1S/C19H16FN5OS/c20-14-8-15(17-16(9-14)23-19(27)24-17)18(26)21-10-12-4-1-2-5-13(12)11-25-7-3-6-22-25/h1-9H,10-11H2,(H,21,26)(H2,23,24,27). The number of benzene rings is 2. The van der Waals surface area contributed by atoms with Crippen LogP contribution in [0.1, 0.15) is 21.5 Å². The second-order valence-electron chi connectivity index (χ2n) is 6.11. The van der Waals surface area contributed by atoms with E-state index in [1.165, 1.54) is 12.1 Å². The molecule has 0 saturated heterocycles. The summed E-state index contributed by atoms with van der Waals surface area (Å²) in [5.41, 5.74) is 3.18. The zero-order chi connectivity index (χ0) is 18.8. The van der Waals surface area contributed by atoms with Crippen molar-refractivity contribution in [1.29, 1.82) is 0 Å². The number of hydrogen-bond acceptors (Lipinski definition) is 3. The molecule has 0 atom stereocenters. The number of fused-ring (bicyclic) bond motifs is 1. The Morgan fingerprint density at radius 2 is 2.00 bits per heavy atom. The highest BCUT2D eigenvalue weighted by Crippen LogP contribution is 2.18. The minimum Gasteiger partial charge on any atom is -0.348 e. The predicted molar refractivity (Wildman–Crippen MR) is 102 cm³/mol. The van der Waals surface area contributed by atoms with Crippen LogP contribution < -0.4 is 5.32 Å². The molecule has 0 radical (unpaired) electrons. The molecule has 0 saturated carbocycles. The summed E-state index contributed by atoms with van der Waals surface area (Å²) in [6.45, 7) is 0.924. The maximum atomic E-state index is 13.8. The van der Waals surface area contributed by atoms with Gasteiger partial charge in [0.15, 0.2) is 4.77 Å². The van der Waals surface area contributed by atoms with Gasteiger partial charge in [0.25, 0.3) is 5.91 Å². The maximum absolute atomic E-state index is 13.8. The Balaban J connectivity index is 1.56. The third-order valence-electron chi connectivity index (χ3n) is 4.28. The molecule has 2 aromatic carbocycles. The van der Waals surface area contributed by atoms with Crippen molar-refractivity contribution in [2.24, 2.45) is 0 Å². The smallest absolute Gasteiger partial charge is 0.253 e. The van der Waals surface area contributed by atoms with Crippen molar-refractivity contribution >= 4 is 29.2 Å². The van der Waals surface area contributed by atoms with Gasteiger partial charge < -0.3 is 15.3 Å². The van der Waals surface area contributed by atoms with Crippen molar-refractivity contribution in [1.82, 2.24) is 25.1 Å². The number of nitrogens with one attached hydrogen (secondary N) is 3. The van der Waals surface area contributed by atoms with Crippen molar-refractivity contribution in [3.63, 3.8) is 0 Å². The van der Waals surface area contributed by atoms with Gasteiger partial charge in [-0.05, 0) is 41.5 Å². The van der Waals surface area contributed by atoms with Gasteiger partial charge in [-0.1, -0.05) is 24.3 Å². The van der Waals surface area contributed by atoms with Gasteiger partial charge >= 0.3 is 0 Å². The predicted octanol–water partition coefficient (Wildman–Crippen LogP) is 3.54. The van der Waals surface area contributed by atoms with E-state index in [1.807, 2.05) is 41.2 Å². The van der Waals surface area contributed by atoms with E-state index in [0.29, 0.717) is 28.9 Å². The van der Waals surface area contributed by atoms with E-state index >= 15 is 0 Å².